The summed E-state index contributed by atoms with van der Waals surface area (Å²) in [6.07, 6.45) is 4.59. The molecule has 0 saturated heterocycles. The molecular formula is C16H16NO3Y-. The first kappa shape index (κ1) is 16.4. The summed E-state index contributed by atoms with van der Waals surface area (Å²) in [5.41, 5.74) is 1.85. The van der Waals surface area contributed by atoms with E-state index in [4.69, 9.17) is 14.2 Å². The van der Waals surface area contributed by atoms with Crippen LogP contribution in [-0.4, -0.2) is 10.8 Å². The van der Waals surface area contributed by atoms with Gasteiger partial charge in [-0.3, -0.25) is 0 Å². The predicted octanol–water partition coefficient (Wildman–Crippen LogP) is 3.10. The smallest absolute Gasteiger partial charge is 0.205 e. The Morgan fingerprint density at radius 2 is 2.14 bits per heavy atom. The Labute approximate surface area is 149 Å². The van der Waals surface area contributed by atoms with E-state index in [1.807, 2.05) is 44.2 Å². The molecule has 0 atom stereocenters. The van der Waals surface area contributed by atoms with E-state index in [0.717, 1.165) is 22.6 Å². The molecule has 3 rings (SSSR count). The summed E-state index contributed by atoms with van der Waals surface area (Å²) >= 11 is 0. The largest absolute Gasteiger partial charge is 0.491 e. The zero-order valence-electron chi connectivity index (χ0n) is 12.1. The summed E-state index contributed by atoms with van der Waals surface area (Å²) in [6, 6.07) is 9.56. The number of ether oxygens (including phenoxy) is 3. The third-order valence-electron chi connectivity index (χ3n) is 3.06. The van der Waals surface area contributed by atoms with Crippen LogP contribution in [0.2, 0.25) is 0 Å². The van der Waals surface area contributed by atoms with E-state index in [2.05, 4.69) is 11.2 Å². The van der Waals surface area contributed by atoms with Gasteiger partial charge in [-0.1, -0.05) is 18.5 Å². The molecule has 21 heavy (non-hydrogen) atoms. The maximum Gasteiger partial charge on any atom is 0.205 e. The zero-order chi connectivity index (χ0) is 14.0. The number of benzene rings is 1. The monoisotopic (exact) mass is 359 g/mol. The normalized spacial score (nSPS) is 15.3. The van der Waals surface area contributed by atoms with Crippen LogP contribution in [0.25, 0.3) is 0 Å². The van der Waals surface area contributed by atoms with Crippen LogP contribution in [0.1, 0.15) is 25.0 Å². The van der Waals surface area contributed by atoms with Crippen molar-refractivity contribution in [3.63, 3.8) is 0 Å². The molecule has 107 valence electrons. The van der Waals surface area contributed by atoms with Gasteiger partial charge >= 0.3 is 0 Å². The first-order valence-corrected chi connectivity index (χ1v) is 6.53. The number of nitrogens with zero attached hydrogens (tertiary/aromatic N) is 1. The molecule has 1 aromatic carbocycles. The average molecular weight is 359 g/mol. The Balaban J connectivity index is 0.00000161. The van der Waals surface area contributed by atoms with Gasteiger partial charge in [-0.2, -0.15) is 12.1 Å². The molecule has 1 aromatic heterocycles. The molecule has 2 heterocycles. The van der Waals surface area contributed by atoms with E-state index < -0.39 is 5.79 Å². The summed E-state index contributed by atoms with van der Waals surface area (Å²) in [6.45, 7) is 4.70. The average Bonchev–Trinajstić information content (AvgIpc) is 2.45. The zero-order valence-corrected chi connectivity index (χ0v) is 15.0. The van der Waals surface area contributed by atoms with Crippen LogP contribution >= 0.6 is 0 Å². The SMILES string of the molecule is CC1(C)OCc2c(OCc3[c-]nccc3)cccc2O1.[Y]. The summed E-state index contributed by atoms with van der Waals surface area (Å²) in [4.78, 5) is 3.95. The molecule has 4 nitrogen and oxygen atoms in total. The fraction of sp³-hybridized carbons (Fsp3) is 0.312. The molecule has 0 N–H and O–H groups in total. The summed E-state index contributed by atoms with van der Waals surface area (Å²) in [5.74, 6) is 0.993. The molecule has 0 fully saturated rings. The van der Waals surface area contributed by atoms with Gasteiger partial charge in [0.15, 0.2) is 0 Å². The van der Waals surface area contributed by atoms with Crippen molar-refractivity contribution in [2.45, 2.75) is 32.8 Å². The van der Waals surface area contributed by atoms with Gasteiger partial charge in [0.1, 0.15) is 11.5 Å². The molecule has 0 saturated carbocycles. The van der Waals surface area contributed by atoms with E-state index in [1.54, 1.807) is 6.20 Å². The van der Waals surface area contributed by atoms with Gasteiger partial charge in [-0.05, 0) is 12.1 Å². The number of hydrogen-bond acceptors (Lipinski definition) is 4. The molecule has 0 aliphatic carbocycles. The van der Waals surface area contributed by atoms with Crippen LogP contribution in [0.4, 0.5) is 0 Å². The first-order chi connectivity index (χ1) is 9.64. The summed E-state index contributed by atoms with van der Waals surface area (Å²) in [5, 5.41) is 0. The minimum atomic E-state index is -0.594. The molecule has 5 heteroatoms. The van der Waals surface area contributed by atoms with Crippen LogP contribution in [0.3, 0.4) is 0 Å². The minimum Gasteiger partial charge on any atom is -0.491 e. The van der Waals surface area contributed by atoms with Gasteiger partial charge in [0, 0.05) is 46.6 Å². The molecule has 0 unspecified atom stereocenters. The number of hydrogen-bond donors (Lipinski definition) is 0. The number of aromatic nitrogens is 1. The van der Waals surface area contributed by atoms with Crippen LogP contribution in [0.5, 0.6) is 11.5 Å². The molecular weight excluding hydrogens is 343 g/mol. The van der Waals surface area contributed by atoms with Crippen molar-refractivity contribution in [1.29, 1.82) is 0 Å². The third kappa shape index (κ3) is 4.03. The quantitative estimate of drug-likeness (QED) is 0.790. The van der Waals surface area contributed by atoms with E-state index in [1.165, 1.54) is 0 Å². The fourth-order valence-corrected chi connectivity index (χ4v) is 2.05. The predicted molar refractivity (Wildman–Crippen MR) is 73.3 cm³/mol. The van der Waals surface area contributed by atoms with Crippen LogP contribution in [0.15, 0.2) is 36.5 Å². The van der Waals surface area contributed by atoms with Gasteiger partial charge in [-0.15, -0.1) is 5.56 Å². The standard InChI is InChI=1S/C16H16NO3.Y/c1-16(2)19-11-13-14(6-3-7-15(13)20-16)18-10-12-5-4-8-17-9-12;/h3-8H,10-11H2,1-2H3;/q-1;. The van der Waals surface area contributed by atoms with E-state index in [-0.39, 0.29) is 32.7 Å². The Kier molecular flexibility index (Phi) is 5.36. The Bertz CT molecular complexity index is 602. The maximum atomic E-state index is 5.83. The van der Waals surface area contributed by atoms with E-state index in [0.29, 0.717) is 13.2 Å². The first-order valence-electron chi connectivity index (χ1n) is 6.53. The van der Waals surface area contributed by atoms with Gasteiger partial charge in [0.25, 0.3) is 0 Å². The molecule has 0 bridgehead atoms. The second-order valence-corrected chi connectivity index (χ2v) is 5.09. The molecule has 1 aliphatic heterocycles. The Morgan fingerprint density at radius 1 is 1.29 bits per heavy atom. The van der Waals surface area contributed by atoms with Crippen LogP contribution in [0, 0.1) is 6.20 Å². The fourth-order valence-electron chi connectivity index (χ4n) is 2.05. The van der Waals surface area contributed by atoms with Gasteiger partial charge < -0.3 is 19.2 Å². The van der Waals surface area contributed by atoms with Gasteiger partial charge in [0.05, 0.1) is 18.8 Å². The second kappa shape index (κ2) is 6.86. The Hall–Kier alpha value is -0.966. The van der Waals surface area contributed by atoms with Crippen LogP contribution in [-0.2, 0) is 50.7 Å². The molecule has 0 spiro atoms. The molecule has 1 aliphatic rings. The summed E-state index contributed by atoms with van der Waals surface area (Å²) in [7, 11) is 0. The Morgan fingerprint density at radius 3 is 2.90 bits per heavy atom. The number of pyridine rings is 1. The van der Waals surface area contributed by atoms with Gasteiger partial charge in [0.2, 0.25) is 5.79 Å². The van der Waals surface area contributed by atoms with Crippen molar-refractivity contribution < 1.29 is 46.9 Å². The minimum absolute atomic E-state index is 0. The van der Waals surface area contributed by atoms with Gasteiger partial charge in [-0.25, -0.2) is 0 Å². The van der Waals surface area contributed by atoms with Crippen molar-refractivity contribution >= 4 is 0 Å². The summed E-state index contributed by atoms with van der Waals surface area (Å²) < 4.78 is 17.3. The van der Waals surface area contributed by atoms with Crippen LogP contribution < -0.4 is 9.47 Å². The van der Waals surface area contributed by atoms with Crippen molar-refractivity contribution in [3.05, 3.63) is 53.9 Å². The van der Waals surface area contributed by atoms with Crippen molar-refractivity contribution in [3.8, 4) is 11.5 Å². The second-order valence-electron chi connectivity index (χ2n) is 5.09. The topological polar surface area (TPSA) is 40.6 Å². The van der Waals surface area contributed by atoms with E-state index in [9.17, 15) is 0 Å². The maximum absolute atomic E-state index is 5.83. The number of fused-ring (bicyclic) bond motifs is 1. The molecule has 0 amide bonds. The molecule has 1 radical (unpaired) electrons. The molecule has 2 aromatic rings. The van der Waals surface area contributed by atoms with Crippen molar-refractivity contribution in [2.75, 3.05) is 0 Å². The van der Waals surface area contributed by atoms with E-state index >= 15 is 0 Å². The van der Waals surface area contributed by atoms with Crippen molar-refractivity contribution in [1.82, 2.24) is 4.98 Å². The third-order valence-corrected chi connectivity index (χ3v) is 3.06. The number of rotatable bonds is 3. The van der Waals surface area contributed by atoms with Crippen molar-refractivity contribution in [2.24, 2.45) is 0 Å².